The van der Waals surface area contributed by atoms with Crippen molar-refractivity contribution in [1.82, 2.24) is 4.90 Å². The number of sulfone groups is 1. The van der Waals surface area contributed by atoms with E-state index in [1.807, 2.05) is 0 Å². The summed E-state index contributed by atoms with van der Waals surface area (Å²) in [6, 6.07) is 0. The van der Waals surface area contributed by atoms with Gasteiger partial charge >= 0.3 is 0 Å². The summed E-state index contributed by atoms with van der Waals surface area (Å²) in [5.74, 6) is 0. The van der Waals surface area contributed by atoms with Crippen LogP contribution in [-0.4, -0.2) is 39.1 Å². The van der Waals surface area contributed by atoms with Crippen LogP contribution in [0.4, 0.5) is 0 Å². The molecule has 0 atom stereocenters. The zero-order valence-corrected chi connectivity index (χ0v) is 7.80. The Morgan fingerprint density at radius 1 is 1.58 bits per heavy atom. The van der Waals surface area contributed by atoms with E-state index in [0.29, 0.717) is 6.54 Å². The number of likely N-dealkylation sites (N-methyl/N-ethyl adjacent to an activating group) is 1. The fraction of sp³-hybridized carbons (Fsp3) is 0.500. The fourth-order valence-corrected chi connectivity index (χ4v) is 1.93. The van der Waals surface area contributed by atoms with E-state index in [4.69, 9.17) is 5.73 Å². The highest BCUT2D eigenvalue weighted by atomic mass is 32.2. The molecule has 2 N–H and O–H groups in total. The van der Waals surface area contributed by atoms with Gasteiger partial charge in [0, 0.05) is 12.7 Å². The maximum atomic E-state index is 11.3. The second kappa shape index (κ2) is 2.87. The molecule has 0 aliphatic carbocycles. The highest BCUT2D eigenvalue weighted by molar-refractivity contribution is 8.09. The minimum atomic E-state index is -3.41. The van der Waals surface area contributed by atoms with E-state index < -0.39 is 9.84 Å². The van der Waals surface area contributed by atoms with E-state index in [-0.39, 0.29) is 10.1 Å². The van der Waals surface area contributed by atoms with Gasteiger partial charge in [0.2, 0.25) is 15.0 Å². The van der Waals surface area contributed by atoms with Gasteiger partial charge in [-0.15, -0.1) is 0 Å². The van der Waals surface area contributed by atoms with Crippen LogP contribution < -0.4 is 5.73 Å². The molecule has 1 rings (SSSR count). The average Bonchev–Trinajstić information content (AvgIpc) is 2.15. The van der Waals surface area contributed by atoms with Gasteiger partial charge in [0.05, 0.1) is 4.91 Å². The van der Waals surface area contributed by atoms with Gasteiger partial charge in [0.1, 0.15) is 0 Å². The zero-order valence-electron chi connectivity index (χ0n) is 6.98. The van der Waals surface area contributed by atoms with E-state index in [0.717, 1.165) is 0 Å². The normalized spacial score (nSPS) is 20.9. The number of aliphatic imine (C=N–C) groups is 1. The molecule has 1 aliphatic heterocycles. The van der Waals surface area contributed by atoms with Crippen molar-refractivity contribution in [3.63, 3.8) is 0 Å². The zero-order chi connectivity index (χ0) is 9.35. The van der Waals surface area contributed by atoms with Gasteiger partial charge in [-0.25, -0.2) is 13.4 Å². The molecule has 0 aromatic heterocycles. The number of hydrogen-bond acceptors (Lipinski definition) is 5. The molecule has 0 spiro atoms. The molecular weight excluding hydrogens is 178 g/mol. The van der Waals surface area contributed by atoms with Crippen LogP contribution in [0.25, 0.3) is 0 Å². The van der Waals surface area contributed by atoms with Crippen molar-refractivity contribution in [2.24, 2.45) is 10.7 Å². The van der Waals surface area contributed by atoms with Gasteiger partial charge in [-0.1, -0.05) is 0 Å². The molecule has 0 saturated heterocycles. The minimum Gasteiger partial charge on any atom is -0.374 e. The third-order valence-electron chi connectivity index (χ3n) is 1.43. The first-order valence-electron chi connectivity index (χ1n) is 3.36. The number of nitrogens with zero attached hydrogens (tertiary/aromatic N) is 2. The summed E-state index contributed by atoms with van der Waals surface area (Å²) in [5.41, 5.74) is 5.17. The van der Waals surface area contributed by atoms with Crippen molar-refractivity contribution in [2.45, 2.75) is 0 Å². The number of hydrogen-bond donors (Lipinski definition) is 1. The molecule has 1 heterocycles. The maximum Gasteiger partial charge on any atom is 0.238 e. The van der Waals surface area contributed by atoms with Crippen LogP contribution >= 0.6 is 0 Å². The van der Waals surface area contributed by atoms with Gasteiger partial charge in [0.15, 0.2) is 0 Å². The van der Waals surface area contributed by atoms with E-state index in [9.17, 15) is 8.42 Å². The van der Waals surface area contributed by atoms with Crippen LogP contribution in [0.3, 0.4) is 0 Å². The molecular formula is C6H11N3O2S. The number of nitrogens with two attached hydrogens (primary N) is 1. The molecule has 0 bridgehead atoms. The van der Waals surface area contributed by atoms with Crippen LogP contribution in [0.2, 0.25) is 0 Å². The second-order valence-corrected chi connectivity index (χ2v) is 4.75. The lowest BCUT2D eigenvalue weighted by atomic mass is 10.5. The highest BCUT2D eigenvalue weighted by Gasteiger charge is 2.27. The summed E-state index contributed by atoms with van der Waals surface area (Å²) in [7, 11) is 0.152. The molecule has 6 heteroatoms. The van der Waals surface area contributed by atoms with Crippen LogP contribution in [-0.2, 0) is 9.84 Å². The maximum absolute atomic E-state index is 11.3. The van der Waals surface area contributed by atoms with Crippen LogP contribution in [0, 0.1) is 0 Å². The van der Waals surface area contributed by atoms with Crippen molar-refractivity contribution in [3.05, 3.63) is 11.1 Å². The van der Waals surface area contributed by atoms with Crippen LogP contribution in [0.1, 0.15) is 0 Å². The largest absolute Gasteiger partial charge is 0.374 e. The molecule has 0 saturated carbocycles. The van der Waals surface area contributed by atoms with E-state index >= 15 is 0 Å². The Labute approximate surface area is 71.5 Å². The first-order chi connectivity index (χ1) is 5.44. The lowest BCUT2D eigenvalue weighted by Crippen LogP contribution is -2.26. The molecule has 12 heavy (non-hydrogen) atoms. The molecule has 0 aromatic rings. The molecule has 0 fully saturated rings. The molecule has 68 valence electrons. The van der Waals surface area contributed by atoms with Crippen molar-refractivity contribution in [2.75, 3.05) is 20.6 Å². The third-order valence-corrected chi connectivity index (χ3v) is 3.01. The van der Waals surface area contributed by atoms with E-state index in [2.05, 4.69) is 4.99 Å². The predicted octanol–water partition coefficient (Wildman–Crippen LogP) is -0.867. The number of rotatable bonds is 2. The topological polar surface area (TPSA) is 75.8 Å². The molecule has 0 radical (unpaired) electrons. The van der Waals surface area contributed by atoms with Crippen molar-refractivity contribution in [1.29, 1.82) is 0 Å². The standard InChI is InChI=1S/C6H11N3O2S/c1-9(2)4-5-3-8-6(7)12(5,10)11/h3H,4H2,1-2H3,(H2,7,8). The summed E-state index contributed by atoms with van der Waals surface area (Å²) in [5, 5.41) is -0.306. The number of amidine groups is 1. The Morgan fingerprint density at radius 3 is 2.50 bits per heavy atom. The van der Waals surface area contributed by atoms with E-state index in [1.165, 1.54) is 6.20 Å². The van der Waals surface area contributed by atoms with Gasteiger partial charge in [-0.05, 0) is 14.1 Å². The smallest absolute Gasteiger partial charge is 0.238 e. The summed E-state index contributed by atoms with van der Waals surface area (Å²) in [6.07, 6.45) is 1.30. The minimum absolute atomic E-state index is 0.255. The van der Waals surface area contributed by atoms with E-state index in [1.54, 1.807) is 19.0 Å². The highest BCUT2D eigenvalue weighted by Crippen LogP contribution is 2.14. The van der Waals surface area contributed by atoms with Gasteiger partial charge in [-0.3, -0.25) is 0 Å². The second-order valence-electron chi connectivity index (χ2n) is 2.80. The summed E-state index contributed by atoms with van der Waals surface area (Å²) >= 11 is 0. The lowest BCUT2D eigenvalue weighted by molar-refractivity contribution is 0.450. The summed E-state index contributed by atoms with van der Waals surface area (Å²) in [4.78, 5) is 5.54. The van der Waals surface area contributed by atoms with Gasteiger partial charge < -0.3 is 10.6 Å². The summed E-state index contributed by atoms with van der Waals surface area (Å²) < 4.78 is 22.6. The first kappa shape index (κ1) is 9.21. The van der Waals surface area contributed by atoms with Crippen molar-refractivity contribution >= 4 is 15.0 Å². The average molecular weight is 189 g/mol. The Kier molecular flexibility index (Phi) is 2.20. The lowest BCUT2D eigenvalue weighted by Gasteiger charge is -2.09. The van der Waals surface area contributed by atoms with Gasteiger partial charge in [-0.2, -0.15) is 0 Å². The van der Waals surface area contributed by atoms with Crippen molar-refractivity contribution < 1.29 is 8.42 Å². The Morgan fingerprint density at radius 2 is 2.17 bits per heavy atom. The van der Waals surface area contributed by atoms with Crippen LogP contribution in [0.15, 0.2) is 16.1 Å². The Balaban J connectivity index is 2.88. The molecule has 0 unspecified atom stereocenters. The molecule has 0 amide bonds. The van der Waals surface area contributed by atoms with Gasteiger partial charge in [0.25, 0.3) is 0 Å². The molecule has 0 aromatic carbocycles. The first-order valence-corrected chi connectivity index (χ1v) is 4.85. The van der Waals surface area contributed by atoms with Crippen molar-refractivity contribution in [3.8, 4) is 0 Å². The SMILES string of the molecule is CN(C)CC1=CN=C(N)S1(=O)=O. The fourth-order valence-electron chi connectivity index (χ4n) is 0.846. The quantitative estimate of drug-likeness (QED) is 0.613. The van der Waals surface area contributed by atoms with Crippen LogP contribution in [0.5, 0.6) is 0 Å². The molecule has 1 aliphatic rings. The monoisotopic (exact) mass is 189 g/mol. The predicted molar refractivity (Wildman–Crippen MR) is 47.2 cm³/mol. The Hall–Kier alpha value is -0.880. The summed E-state index contributed by atoms with van der Waals surface area (Å²) in [6.45, 7) is 0.340. The Bertz CT molecular complexity index is 340. The molecule has 5 nitrogen and oxygen atoms in total. The third kappa shape index (κ3) is 1.49.